The number of amides is 1. The van der Waals surface area contributed by atoms with Gasteiger partial charge in [0.1, 0.15) is 17.9 Å². The second-order valence-electron chi connectivity index (χ2n) is 7.54. The van der Waals surface area contributed by atoms with E-state index in [0.29, 0.717) is 22.9 Å². The molecule has 0 aliphatic heterocycles. The van der Waals surface area contributed by atoms with Crippen molar-refractivity contribution in [3.05, 3.63) is 60.6 Å². The smallest absolute Gasteiger partial charge is 0.227 e. The van der Waals surface area contributed by atoms with E-state index < -0.39 is 0 Å². The molecule has 0 aliphatic carbocycles. The molecular formula is C23H24N6O2. The number of hydrogen-bond donors (Lipinski definition) is 2. The number of methoxy groups -OCH3 is 1. The number of fused-ring (bicyclic) bond motifs is 1. The summed E-state index contributed by atoms with van der Waals surface area (Å²) in [4.78, 5) is 20.8. The Morgan fingerprint density at radius 2 is 1.87 bits per heavy atom. The molecule has 0 aliphatic rings. The van der Waals surface area contributed by atoms with Crippen molar-refractivity contribution >= 4 is 34.1 Å². The first-order valence-corrected chi connectivity index (χ1v) is 9.98. The zero-order valence-corrected chi connectivity index (χ0v) is 17.9. The minimum absolute atomic E-state index is 0.0694. The van der Waals surface area contributed by atoms with Crippen LogP contribution in [0.1, 0.15) is 19.4 Å². The van der Waals surface area contributed by atoms with E-state index in [2.05, 4.69) is 25.7 Å². The quantitative estimate of drug-likeness (QED) is 0.482. The molecule has 8 heteroatoms. The first-order valence-electron chi connectivity index (χ1n) is 9.98. The SMILES string of the molecule is COc1cc(Nc2ncnc3c2cnn3-c2ccc(C)cc2)ccc1NC(=O)C(C)C. The highest BCUT2D eigenvalue weighted by atomic mass is 16.5. The van der Waals surface area contributed by atoms with Crippen LogP contribution >= 0.6 is 0 Å². The fourth-order valence-corrected chi connectivity index (χ4v) is 3.10. The van der Waals surface area contributed by atoms with Gasteiger partial charge in [-0.25, -0.2) is 14.6 Å². The summed E-state index contributed by atoms with van der Waals surface area (Å²) in [5.74, 6) is 0.992. The van der Waals surface area contributed by atoms with Crippen molar-refractivity contribution < 1.29 is 9.53 Å². The number of anilines is 3. The number of carbonyl (C=O) groups is 1. The van der Waals surface area contributed by atoms with Crippen LogP contribution in [0, 0.1) is 12.8 Å². The highest BCUT2D eigenvalue weighted by molar-refractivity contribution is 5.94. The van der Waals surface area contributed by atoms with Crippen LogP contribution in [0.2, 0.25) is 0 Å². The topological polar surface area (TPSA) is 94.0 Å². The molecule has 2 heterocycles. The van der Waals surface area contributed by atoms with Gasteiger partial charge in [0, 0.05) is 17.7 Å². The van der Waals surface area contributed by atoms with Crippen molar-refractivity contribution in [3.63, 3.8) is 0 Å². The van der Waals surface area contributed by atoms with Crippen LogP contribution in [0.3, 0.4) is 0 Å². The van der Waals surface area contributed by atoms with Crippen LogP contribution in [0.4, 0.5) is 17.2 Å². The Morgan fingerprint density at radius 3 is 2.58 bits per heavy atom. The minimum Gasteiger partial charge on any atom is -0.494 e. The molecule has 0 atom stereocenters. The second kappa shape index (κ2) is 8.43. The first kappa shape index (κ1) is 20.3. The van der Waals surface area contributed by atoms with Crippen molar-refractivity contribution in [2.24, 2.45) is 5.92 Å². The van der Waals surface area contributed by atoms with E-state index in [-0.39, 0.29) is 11.8 Å². The third-order valence-corrected chi connectivity index (χ3v) is 4.89. The van der Waals surface area contributed by atoms with Gasteiger partial charge in [-0.15, -0.1) is 0 Å². The molecule has 0 radical (unpaired) electrons. The van der Waals surface area contributed by atoms with Crippen molar-refractivity contribution in [1.82, 2.24) is 19.7 Å². The lowest BCUT2D eigenvalue weighted by Crippen LogP contribution is -2.18. The Balaban J connectivity index is 1.64. The summed E-state index contributed by atoms with van der Waals surface area (Å²) in [7, 11) is 1.57. The predicted octanol–water partition coefficient (Wildman–Crippen LogP) is 4.47. The van der Waals surface area contributed by atoms with Crippen LogP contribution in [0.25, 0.3) is 16.7 Å². The second-order valence-corrected chi connectivity index (χ2v) is 7.54. The summed E-state index contributed by atoms with van der Waals surface area (Å²) < 4.78 is 7.24. The van der Waals surface area contributed by atoms with E-state index in [1.807, 2.05) is 57.2 Å². The molecule has 4 rings (SSSR count). The molecule has 4 aromatic rings. The van der Waals surface area contributed by atoms with Gasteiger partial charge in [-0.1, -0.05) is 31.5 Å². The molecular weight excluding hydrogens is 392 g/mol. The van der Waals surface area contributed by atoms with Crippen LogP contribution in [-0.2, 0) is 4.79 Å². The van der Waals surface area contributed by atoms with Crippen molar-refractivity contribution in [3.8, 4) is 11.4 Å². The van der Waals surface area contributed by atoms with Gasteiger partial charge in [-0.3, -0.25) is 4.79 Å². The van der Waals surface area contributed by atoms with E-state index in [9.17, 15) is 4.79 Å². The Kier molecular flexibility index (Phi) is 5.53. The summed E-state index contributed by atoms with van der Waals surface area (Å²) in [6.07, 6.45) is 3.25. The number of aromatic nitrogens is 4. The Bertz CT molecular complexity index is 1230. The minimum atomic E-state index is -0.123. The number of hydrogen-bond acceptors (Lipinski definition) is 6. The standard InChI is InChI=1S/C23H24N6O2/c1-14(2)23(30)28-19-10-7-16(11-20(19)31-4)27-21-18-12-26-29(22(18)25-13-24-21)17-8-5-15(3)6-9-17/h5-14H,1-4H3,(H,28,30)(H,24,25,27). The number of carbonyl (C=O) groups excluding carboxylic acids is 1. The van der Waals surface area contributed by atoms with Gasteiger partial charge in [0.15, 0.2) is 5.65 Å². The molecule has 1 amide bonds. The Morgan fingerprint density at radius 1 is 1.10 bits per heavy atom. The normalized spacial score (nSPS) is 11.0. The van der Waals surface area contributed by atoms with E-state index in [4.69, 9.17) is 4.74 Å². The monoisotopic (exact) mass is 416 g/mol. The average Bonchev–Trinajstić information content (AvgIpc) is 3.20. The highest BCUT2D eigenvalue weighted by Crippen LogP contribution is 2.31. The fourth-order valence-electron chi connectivity index (χ4n) is 3.10. The third-order valence-electron chi connectivity index (χ3n) is 4.89. The van der Waals surface area contributed by atoms with Crippen molar-refractivity contribution in [2.45, 2.75) is 20.8 Å². The van der Waals surface area contributed by atoms with Gasteiger partial charge in [0.05, 0.1) is 30.1 Å². The van der Waals surface area contributed by atoms with E-state index >= 15 is 0 Å². The molecule has 8 nitrogen and oxygen atoms in total. The molecule has 0 fully saturated rings. The summed E-state index contributed by atoms with van der Waals surface area (Å²) in [6.45, 7) is 5.73. The molecule has 31 heavy (non-hydrogen) atoms. The summed E-state index contributed by atoms with van der Waals surface area (Å²) in [6, 6.07) is 13.6. The number of ether oxygens (including phenoxy) is 1. The number of nitrogens with zero attached hydrogens (tertiary/aromatic N) is 4. The van der Waals surface area contributed by atoms with E-state index in [1.165, 1.54) is 11.9 Å². The lowest BCUT2D eigenvalue weighted by atomic mass is 10.2. The summed E-state index contributed by atoms with van der Waals surface area (Å²) in [5, 5.41) is 11.5. The first-order chi connectivity index (χ1) is 15.0. The van der Waals surface area contributed by atoms with Crippen molar-refractivity contribution in [1.29, 1.82) is 0 Å². The lowest BCUT2D eigenvalue weighted by molar-refractivity contribution is -0.118. The molecule has 2 aromatic carbocycles. The van der Waals surface area contributed by atoms with E-state index in [1.54, 1.807) is 24.1 Å². The molecule has 2 aromatic heterocycles. The van der Waals surface area contributed by atoms with Crippen LogP contribution < -0.4 is 15.4 Å². The van der Waals surface area contributed by atoms with Gasteiger partial charge < -0.3 is 15.4 Å². The fraction of sp³-hybridized carbons (Fsp3) is 0.217. The predicted molar refractivity (Wildman–Crippen MR) is 121 cm³/mol. The zero-order valence-electron chi connectivity index (χ0n) is 17.9. The Hall–Kier alpha value is -3.94. The maximum atomic E-state index is 12.0. The summed E-state index contributed by atoms with van der Waals surface area (Å²) >= 11 is 0. The van der Waals surface area contributed by atoms with Crippen molar-refractivity contribution in [2.75, 3.05) is 17.7 Å². The number of nitrogens with one attached hydrogen (secondary N) is 2. The highest BCUT2D eigenvalue weighted by Gasteiger charge is 2.14. The molecule has 158 valence electrons. The molecule has 0 bridgehead atoms. The van der Waals surface area contributed by atoms with Gasteiger partial charge in [-0.2, -0.15) is 5.10 Å². The largest absolute Gasteiger partial charge is 0.494 e. The van der Waals surface area contributed by atoms with Crippen LogP contribution in [-0.4, -0.2) is 32.8 Å². The Labute approximate surface area is 180 Å². The number of rotatable bonds is 6. The molecule has 0 spiro atoms. The molecule has 0 saturated heterocycles. The van der Waals surface area contributed by atoms with Crippen LogP contribution in [0.15, 0.2) is 55.0 Å². The number of aryl methyl sites for hydroxylation is 1. The maximum Gasteiger partial charge on any atom is 0.227 e. The van der Waals surface area contributed by atoms with Gasteiger partial charge >= 0.3 is 0 Å². The zero-order chi connectivity index (χ0) is 22.0. The molecule has 0 unspecified atom stereocenters. The summed E-state index contributed by atoms with van der Waals surface area (Å²) in [5.41, 5.74) is 4.19. The van der Waals surface area contributed by atoms with E-state index in [0.717, 1.165) is 16.8 Å². The van der Waals surface area contributed by atoms with Crippen LogP contribution in [0.5, 0.6) is 5.75 Å². The lowest BCUT2D eigenvalue weighted by Gasteiger charge is -2.14. The number of benzene rings is 2. The van der Waals surface area contributed by atoms with Gasteiger partial charge in [-0.05, 0) is 31.2 Å². The average molecular weight is 416 g/mol. The van der Waals surface area contributed by atoms with Gasteiger partial charge in [0.25, 0.3) is 0 Å². The molecule has 2 N–H and O–H groups in total. The third kappa shape index (κ3) is 4.18. The molecule has 0 saturated carbocycles. The maximum absolute atomic E-state index is 12.0. The van der Waals surface area contributed by atoms with Gasteiger partial charge in [0.2, 0.25) is 5.91 Å².